The van der Waals surface area contributed by atoms with Crippen molar-refractivity contribution in [2.24, 2.45) is 0 Å². The van der Waals surface area contributed by atoms with Gasteiger partial charge in [0, 0.05) is 41.5 Å². The molecule has 9 heteroatoms. The second kappa shape index (κ2) is 6.25. The molecule has 0 radical (unpaired) electrons. The Bertz CT molecular complexity index is 1070. The molecule has 4 aromatic rings. The summed E-state index contributed by atoms with van der Waals surface area (Å²) >= 11 is 0. The topological polar surface area (TPSA) is 79.4 Å². The van der Waals surface area contributed by atoms with Crippen LogP contribution in [0, 0.1) is 0 Å². The molecule has 0 aliphatic heterocycles. The van der Waals surface area contributed by atoms with Gasteiger partial charge in [0.2, 0.25) is 5.95 Å². The third-order valence-electron chi connectivity index (χ3n) is 3.94. The average Bonchev–Trinajstić information content (AvgIpc) is 3.03. The maximum atomic E-state index is 12.2. The molecule has 0 unspecified atom stereocenters. The van der Waals surface area contributed by atoms with Crippen molar-refractivity contribution in [1.29, 1.82) is 0 Å². The number of alkyl halides is 3. The van der Waals surface area contributed by atoms with E-state index in [1.165, 1.54) is 6.33 Å². The Kier molecular flexibility index (Phi) is 3.90. The van der Waals surface area contributed by atoms with Gasteiger partial charge in [-0.15, -0.1) is 0 Å². The predicted molar refractivity (Wildman–Crippen MR) is 91.6 cm³/mol. The number of hydrogen-bond acceptors (Lipinski definition) is 5. The molecule has 4 rings (SSSR count). The standard InChI is InChI=1S/C17H13F3N6/c18-17(19,20)3-4-22-16-24-8-13-12(7-23-15(13)26-16)10-1-2-14-11(5-10)6-21-9-25-14/h1-2,5-9H,3-4H2,(H2,22,23,24,26). The Morgan fingerprint density at radius 2 is 2.00 bits per heavy atom. The van der Waals surface area contributed by atoms with Gasteiger partial charge in [-0.1, -0.05) is 6.07 Å². The molecule has 2 N–H and O–H groups in total. The zero-order chi connectivity index (χ0) is 18.1. The summed E-state index contributed by atoms with van der Waals surface area (Å²) in [5.41, 5.74) is 3.23. The average molecular weight is 358 g/mol. The molecule has 0 saturated heterocycles. The molecular weight excluding hydrogens is 345 g/mol. The van der Waals surface area contributed by atoms with Crippen LogP contribution < -0.4 is 5.32 Å². The maximum Gasteiger partial charge on any atom is 0.390 e. The van der Waals surface area contributed by atoms with Crippen LogP contribution in [-0.2, 0) is 0 Å². The summed E-state index contributed by atoms with van der Waals surface area (Å²) in [6.45, 7) is -0.271. The van der Waals surface area contributed by atoms with Gasteiger partial charge in [-0.3, -0.25) is 0 Å². The molecule has 0 atom stereocenters. The number of aromatic nitrogens is 5. The molecule has 0 aliphatic carbocycles. The Balaban J connectivity index is 1.62. The van der Waals surface area contributed by atoms with E-state index in [9.17, 15) is 13.2 Å². The second-order valence-corrected chi connectivity index (χ2v) is 5.75. The normalized spacial score (nSPS) is 12.0. The fourth-order valence-electron chi connectivity index (χ4n) is 2.70. The first kappa shape index (κ1) is 16.2. The van der Waals surface area contributed by atoms with Crippen molar-refractivity contribution < 1.29 is 13.2 Å². The van der Waals surface area contributed by atoms with Crippen molar-refractivity contribution in [3.63, 3.8) is 0 Å². The van der Waals surface area contributed by atoms with E-state index in [2.05, 4.69) is 30.2 Å². The zero-order valence-electron chi connectivity index (χ0n) is 13.4. The van der Waals surface area contributed by atoms with Crippen LogP contribution in [0.3, 0.4) is 0 Å². The number of H-pyrrole nitrogens is 1. The molecule has 132 valence electrons. The van der Waals surface area contributed by atoms with Crippen molar-refractivity contribution in [3.05, 3.63) is 43.1 Å². The van der Waals surface area contributed by atoms with Gasteiger partial charge in [-0.2, -0.15) is 18.2 Å². The van der Waals surface area contributed by atoms with Gasteiger partial charge in [-0.25, -0.2) is 15.0 Å². The molecule has 6 nitrogen and oxygen atoms in total. The molecule has 26 heavy (non-hydrogen) atoms. The van der Waals surface area contributed by atoms with Crippen LogP contribution in [0.1, 0.15) is 6.42 Å². The van der Waals surface area contributed by atoms with Crippen LogP contribution in [0.2, 0.25) is 0 Å². The van der Waals surface area contributed by atoms with Crippen LogP contribution in [-0.4, -0.2) is 37.6 Å². The highest BCUT2D eigenvalue weighted by Crippen LogP contribution is 2.29. The van der Waals surface area contributed by atoms with Gasteiger partial charge in [0.1, 0.15) is 12.0 Å². The predicted octanol–water partition coefficient (Wildman–Crippen LogP) is 3.93. The van der Waals surface area contributed by atoms with Gasteiger partial charge in [-0.05, 0) is 17.7 Å². The molecule has 0 aliphatic rings. The summed E-state index contributed by atoms with van der Waals surface area (Å²) in [6.07, 6.45) is 1.47. The summed E-state index contributed by atoms with van der Waals surface area (Å²) in [7, 11) is 0. The fourth-order valence-corrected chi connectivity index (χ4v) is 2.70. The zero-order valence-corrected chi connectivity index (χ0v) is 13.4. The number of fused-ring (bicyclic) bond motifs is 2. The molecule has 3 aromatic heterocycles. The first-order valence-corrected chi connectivity index (χ1v) is 7.84. The number of hydrogen-bond donors (Lipinski definition) is 2. The van der Waals surface area contributed by atoms with Crippen LogP contribution in [0.15, 0.2) is 43.1 Å². The first-order chi connectivity index (χ1) is 12.5. The lowest BCUT2D eigenvalue weighted by Crippen LogP contribution is -2.15. The Morgan fingerprint density at radius 3 is 2.85 bits per heavy atom. The molecule has 0 fully saturated rings. The number of rotatable bonds is 4. The number of nitrogens with zero attached hydrogens (tertiary/aromatic N) is 4. The third-order valence-corrected chi connectivity index (χ3v) is 3.94. The smallest absolute Gasteiger partial charge is 0.354 e. The Labute approximate surface area is 145 Å². The number of halogens is 3. The molecule has 3 heterocycles. The van der Waals surface area contributed by atoms with Gasteiger partial charge in [0.15, 0.2) is 0 Å². The second-order valence-electron chi connectivity index (χ2n) is 5.75. The van der Waals surface area contributed by atoms with E-state index in [4.69, 9.17) is 0 Å². The first-order valence-electron chi connectivity index (χ1n) is 7.84. The minimum Gasteiger partial charge on any atom is -0.354 e. The van der Waals surface area contributed by atoms with Crippen LogP contribution in [0.25, 0.3) is 33.1 Å². The summed E-state index contributed by atoms with van der Waals surface area (Å²) in [6, 6.07) is 5.81. The molecule has 1 aromatic carbocycles. The molecule has 0 bridgehead atoms. The summed E-state index contributed by atoms with van der Waals surface area (Å²) in [5, 5.41) is 4.28. The molecular formula is C17H13F3N6. The highest BCUT2D eigenvalue weighted by atomic mass is 19.4. The highest BCUT2D eigenvalue weighted by Gasteiger charge is 2.26. The van der Waals surface area contributed by atoms with Crippen molar-refractivity contribution in [2.45, 2.75) is 12.6 Å². The van der Waals surface area contributed by atoms with Crippen molar-refractivity contribution in [2.75, 3.05) is 11.9 Å². The SMILES string of the molecule is FC(F)(F)CCNc1ncc2c(-c3ccc4ncncc4c3)c[nH]c2n1. The molecule has 0 saturated carbocycles. The lowest BCUT2D eigenvalue weighted by Gasteiger charge is -2.07. The van der Waals surface area contributed by atoms with E-state index < -0.39 is 12.6 Å². The van der Waals surface area contributed by atoms with E-state index in [-0.39, 0.29) is 12.5 Å². The lowest BCUT2D eigenvalue weighted by atomic mass is 10.0. The summed E-state index contributed by atoms with van der Waals surface area (Å²) in [5.74, 6) is 0.155. The number of aromatic amines is 1. The van der Waals surface area contributed by atoms with E-state index in [0.29, 0.717) is 5.65 Å². The minimum absolute atomic E-state index is 0.155. The van der Waals surface area contributed by atoms with Gasteiger partial charge >= 0.3 is 6.18 Å². The summed E-state index contributed by atoms with van der Waals surface area (Å²) in [4.78, 5) is 19.6. The highest BCUT2D eigenvalue weighted by molar-refractivity contribution is 5.96. The van der Waals surface area contributed by atoms with Crippen LogP contribution in [0.4, 0.5) is 19.1 Å². The Morgan fingerprint density at radius 1 is 1.12 bits per heavy atom. The molecule has 0 amide bonds. The van der Waals surface area contributed by atoms with Gasteiger partial charge in [0.25, 0.3) is 0 Å². The summed E-state index contributed by atoms with van der Waals surface area (Å²) < 4.78 is 36.7. The molecule has 0 spiro atoms. The number of nitrogens with one attached hydrogen (secondary N) is 2. The largest absolute Gasteiger partial charge is 0.390 e. The van der Waals surface area contributed by atoms with Gasteiger partial charge in [0.05, 0.1) is 11.9 Å². The fraction of sp³-hybridized carbons (Fsp3) is 0.176. The van der Waals surface area contributed by atoms with E-state index in [1.807, 2.05) is 18.2 Å². The monoisotopic (exact) mass is 358 g/mol. The van der Waals surface area contributed by atoms with Gasteiger partial charge < -0.3 is 10.3 Å². The van der Waals surface area contributed by atoms with Crippen molar-refractivity contribution >= 4 is 27.9 Å². The van der Waals surface area contributed by atoms with Crippen molar-refractivity contribution in [3.8, 4) is 11.1 Å². The number of anilines is 1. The van der Waals surface area contributed by atoms with E-state index in [1.54, 1.807) is 18.6 Å². The van der Waals surface area contributed by atoms with E-state index >= 15 is 0 Å². The Hall–Kier alpha value is -3.23. The minimum atomic E-state index is -4.21. The van der Waals surface area contributed by atoms with Crippen molar-refractivity contribution in [1.82, 2.24) is 24.9 Å². The van der Waals surface area contributed by atoms with E-state index in [0.717, 1.165) is 27.4 Å². The third kappa shape index (κ3) is 3.28. The van der Waals surface area contributed by atoms with Crippen LogP contribution >= 0.6 is 0 Å². The number of benzene rings is 1. The van der Waals surface area contributed by atoms with Crippen LogP contribution in [0.5, 0.6) is 0 Å². The lowest BCUT2D eigenvalue weighted by molar-refractivity contribution is -0.131. The maximum absolute atomic E-state index is 12.2. The quantitative estimate of drug-likeness (QED) is 0.578.